The van der Waals surface area contributed by atoms with Crippen LogP contribution in [0.4, 0.5) is 5.82 Å². The molecule has 0 radical (unpaired) electrons. The molecule has 1 N–H and O–H groups in total. The Morgan fingerprint density at radius 1 is 1.62 bits per heavy atom. The molecule has 0 atom stereocenters. The second kappa shape index (κ2) is 5.06. The molecule has 0 saturated carbocycles. The molecular weight excluding hydrogens is 216 g/mol. The van der Waals surface area contributed by atoms with Gasteiger partial charge in [-0.2, -0.15) is 0 Å². The van der Waals surface area contributed by atoms with Gasteiger partial charge in [0.15, 0.2) is 0 Å². The zero-order chi connectivity index (χ0) is 12.1. The molecule has 1 aromatic rings. The lowest BCUT2D eigenvalue weighted by molar-refractivity contribution is -0.390. The summed E-state index contributed by atoms with van der Waals surface area (Å²) in [5, 5.41) is 19.0. The van der Waals surface area contributed by atoms with Crippen LogP contribution in [0.5, 0.6) is 5.75 Å². The van der Waals surface area contributed by atoms with E-state index in [-0.39, 0.29) is 18.8 Å². The largest absolute Gasteiger partial charge is 0.485 e. The Hall–Kier alpha value is -2.18. The number of aromatic nitrogens is 1. The first-order valence-electron chi connectivity index (χ1n) is 4.47. The minimum Gasteiger partial charge on any atom is -0.485 e. The summed E-state index contributed by atoms with van der Waals surface area (Å²) in [6.45, 7) is 1.49. The Morgan fingerprint density at radius 2 is 2.31 bits per heavy atom. The third kappa shape index (κ3) is 3.19. The van der Waals surface area contributed by atoms with Gasteiger partial charge in [0.25, 0.3) is 0 Å². The van der Waals surface area contributed by atoms with Crippen LogP contribution in [-0.2, 0) is 4.79 Å². The quantitative estimate of drug-likeness (QED) is 0.596. The van der Waals surface area contributed by atoms with Crippen LogP contribution < -0.4 is 4.74 Å². The first kappa shape index (κ1) is 11.9. The van der Waals surface area contributed by atoms with Crippen LogP contribution in [0.3, 0.4) is 0 Å². The molecule has 0 aliphatic heterocycles. The summed E-state index contributed by atoms with van der Waals surface area (Å²) in [4.78, 5) is 23.9. The molecule has 1 aromatic heterocycles. The van der Waals surface area contributed by atoms with Gasteiger partial charge in [0.05, 0.1) is 13.0 Å². The fourth-order valence-electron chi connectivity index (χ4n) is 1.02. The van der Waals surface area contributed by atoms with Crippen molar-refractivity contribution in [3.05, 3.63) is 27.9 Å². The fraction of sp³-hybridized carbons (Fsp3) is 0.333. The molecule has 0 fully saturated rings. The molecule has 1 heterocycles. The summed E-state index contributed by atoms with van der Waals surface area (Å²) < 4.78 is 4.98. The Kier molecular flexibility index (Phi) is 3.76. The van der Waals surface area contributed by atoms with Crippen molar-refractivity contribution < 1.29 is 19.6 Å². The summed E-state index contributed by atoms with van der Waals surface area (Å²) in [5.74, 6) is -1.44. The van der Waals surface area contributed by atoms with E-state index in [1.807, 2.05) is 0 Å². The molecule has 7 nitrogen and oxygen atoms in total. The molecular formula is C9H10N2O5. The lowest BCUT2D eigenvalue weighted by atomic mass is 10.3. The van der Waals surface area contributed by atoms with Gasteiger partial charge >= 0.3 is 11.8 Å². The molecule has 0 aliphatic carbocycles. The second-order valence-corrected chi connectivity index (χ2v) is 3.02. The smallest absolute Gasteiger partial charge is 0.406 e. The van der Waals surface area contributed by atoms with Gasteiger partial charge in [-0.15, -0.1) is 0 Å². The van der Waals surface area contributed by atoms with Gasteiger partial charge in [-0.3, -0.25) is 4.79 Å². The van der Waals surface area contributed by atoms with Gasteiger partial charge in [0.1, 0.15) is 5.69 Å². The van der Waals surface area contributed by atoms with Crippen LogP contribution in [-0.4, -0.2) is 27.6 Å². The maximum Gasteiger partial charge on any atom is 0.406 e. The maximum atomic E-state index is 10.6. The number of carboxylic acids is 1. The summed E-state index contributed by atoms with van der Waals surface area (Å²) in [6.07, 6.45) is -0.217. The molecule has 0 bridgehead atoms. The van der Waals surface area contributed by atoms with E-state index in [1.54, 1.807) is 13.0 Å². The standard InChI is InChI=1S/C9H10N2O5/c1-6-2-3-7(9(10-6)11(14)15)16-5-4-8(12)13/h2-3H,4-5H2,1H3,(H,12,13). The molecule has 16 heavy (non-hydrogen) atoms. The monoisotopic (exact) mass is 226 g/mol. The predicted molar refractivity (Wildman–Crippen MR) is 53.4 cm³/mol. The molecule has 0 spiro atoms. The third-order valence-corrected chi connectivity index (χ3v) is 1.72. The molecule has 86 valence electrons. The number of ether oxygens (including phenoxy) is 1. The van der Waals surface area contributed by atoms with Gasteiger partial charge in [-0.1, -0.05) is 0 Å². The van der Waals surface area contributed by atoms with Crippen molar-refractivity contribution in [2.45, 2.75) is 13.3 Å². The van der Waals surface area contributed by atoms with Crippen molar-refractivity contribution in [1.82, 2.24) is 4.98 Å². The average molecular weight is 226 g/mol. The van der Waals surface area contributed by atoms with Crippen LogP contribution in [0.1, 0.15) is 12.1 Å². The van der Waals surface area contributed by atoms with E-state index < -0.39 is 16.7 Å². The van der Waals surface area contributed by atoms with E-state index in [2.05, 4.69) is 4.98 Å². The van der Waals surface area contributed by atoms with Crippen LogP contribution in [0.15, 0.2) is 12.1 Å². The van der Waals surface area contributed by atoms with E-state index in [0.717, 1.165) is 0 Å². The summed E-state index contributed by atoms with van der Waals surface area (Å²) >= 11 is 0. The van der Waals surface area contributed by atoms with Gasteiger partial charge in [-0.05, 0) is 22.0 Å². The normalized spacial score (nSPS) is 9.81. The van der Waals surface area contributed by atoms with E-state index in [9.17, 15) is 14.9 Å². The number of rotatable bonds is 5. The Labute approximate surface area is 90.8 Å². The molecule has 1 rings (SSSR count). The van der Waals surface area contributed by atoms with Gasteiger partial charge in [0.2, 0.25) is 5.75 Å². The van der Waals surface area contributed by atoms with Crippen LogP contribution in [0.25, 0.3) is 0 Å². The van der Waals surface area contributed by atoms with Crippen molar-refractivity contribution in [3.63, 3.8) is 0 Å². The number of aliphatic carboxylic acids is 1. The average Bonchev–Trinajstić information content (AvgIpc) is 2.19. The Bertz CT molecular complexity index is 418. The SMILES string of the molecule is Cc1ccc(OCCC(=O)O)c([N+](=O)[O-])n1. The number of carboxylic acid groups (broad SMARTS) is 1. The van der Waals surface area contributed by atoms with Crippen molar-refractivity contribution in [1.29, 1.82) is 0 Å². The van der Waals surface area contributed by atoms with Crippen LogP contribution in [0, 0.1) is 17.0 Å². The van der Waals surface area contributed by atoms with E-state index >= 15 is 0 Å². The molecule has 0 aliphatic rings. The number of nitrogens with zero attached hydrogens (tertiary/aromatic N) is 2. The minimum absolute atomic E-state index is 0.0168. The Morgan fingerprint density at radius 3 is 2.88 bits per heavy atom. The number of carbonyl (C=O) groups is 1. The Balaban J connectivity index is 2.78. The third-order valence-electron chi connectivity index (χ3n) is 1.72. The highest BCUT2D eigenvalue weighted by atomic mass is 16.6. The number of hydrogen-bond acceptors (Lipinski definition) is 5. The lowest BCUT2D eigenvalue weighted by Crippen LogP contribution is -2.07. The van der Waals surface area contributed by atoms with Gasteiger partial charge < -0.3 is 20.0 Å². The first-order chi connectivity index (χ1) is 7.50. The molecule has 0 aromatic carbocycles. The zero-order valence-electron chi connectivity index (χ0n) is 8.54. The van der Waals surface area contributed by atoms with Gasteiger partial charge in [0, 0.05) is 6.92 Å². The van der Waals surface area contributed by atoms with Crippen molar-refractivity contribution in [3.8, 4) is 5.75 Å². The van der Waals surface area contributed by atoms with Crippen LogP contribution in [0.2, 0.25) is 0 Å². The maximum absolute atomic E-state index is 10.6. The number of nitro groups is 1. The first-order valence-corrected chi connectivity index (χ1v) is 4.47. The number of aryl methyl sites for hydroxylation is 1. The highest BCUT2D eigenvalue weighted by molar-refractivity contribution is 5.66. The fourth-order valence-corrected chi connectivity index (χ4v) is 1.02. The summed E-state index contributed by atoms with van der Waals surface area (Å²) in [6, 6.07) is 2.96. The van der Waals surface area contributed by atoms with Gasteiger partial charge in [-0.25, -0.2) is 0 Å². The van der Waals surface area contributed by atoms with Crippen molar-refractivity contribution >= 4 is 11.8 Å². The van der Waals surface area contributed by atoms with Crippen molar-refractivity contribution in [2.24, 2.45) is 0 Å². The zero-order valence-corrected chi connectivity index (χ0v) is 8.54. The summed E-state index contributed by atoms with van der Waals surface area (Å²) in [5.41, 5.74) is 0.497. The van der Waals surface area contributed by atoms with E-state index in [1.165, 1.54) is 6.07 Å². The highest BCUT2D eigenvalue weighted by Gasteiger charge is 2.17. The molecule has 0 saturated heterocycles. The predicted octanol–water partition coefficient (Wildman–Crippen LogP) is 1.15. The molecule has 0 amide bonds. The van der Waals surface area contributed by atoms with E-state index in [0.29, 0.717) is 5.69 Å². The molecule has 7 heteroatoms. The summed E-state index contributed by atoms with van der Waals surface area (Å²) in [7, 11) is 0. The number of hydrogen-bond donors (Lipinski definition) is 1. The van der Waals surface area contributed by atoms with Crippen molar-refractivity contribution in [2.75, 3.05) is 6.61 Å². The van der Waals surface area contributed by atoms with E-state index in [4.69, 9.17) is 9.84 Å². The second-order valence-electron chi connectivity index (χ2n) is 3.02. The molecule has 0 unspecified atom stereocenters. The number of pyridine rings is 1. The van der Waals surface area contributed by atoms with Crippen LogP contribution >= 0.6 is 0 Å². The topological polar surface area (TPSA) is 103 Å². The lowest BCUT2D eigenvalue weighted by Gasteiger charge is -2.04. The highest BCUT2D eigenvalue weighted by Crippen LogP contribution is 2.24. The minimum atomic E-state index is -1.03.